The summed E-state index contributed by atoms with van der Waals surface area (Å²) in [6.45, 7) is 1.63. The van der Waals surface area contributed by atoms with Crippen LogP contribution in [-0.2, 0) is 26.9 Å². The third kappa shape index (κ3) is 2.60. The van der Waals surface area contributed by atoms with Gasteiger partial charge in [-0.25, -0.2) is 0 Å². The van der Waals surface area contributed by atoms with Gasteiger partial charge in [-0.05, 0) is 18.6 Å². The van der Waals surface area contributed by atoms with E-state index < -0.39 is 10.1 Å². The minimum Gasteiger partial charge on any atom is -0.282 e. The third-order valence-electron chi connectivity index (χ3n) is 1.37. The molecule has 5 heteroatoms. The van der Waals surface area contributed by atoms with Crippen LogP contribution in [0.5, 0.6) is 0 Å². The molecule has 1 radical (unpaired) electrons. The molecule has 1 aromatic rings. The Morgan fingerprint density at radius 3 is 2.08 bits per heavy atom. The summed E-state index contributed by atoms with van der Waals surface area (Å²) in [5.74, 6) is 0. The van der Waals surface area contributed by atoms with Crippen molar-refractivity contribution < 1.29 is 29.7 Å². The minimum atomic E-state index is -4.03. The van der Waals surface area contributed by atoms with E-state index in [9.17, 15) is 8.42 Å². The Morgan fingerprint density at radius 1 is 1.25 bits per heavy atom. The summed E-state index contributed by atoms with van der Waals surface area (Å²) in [4.78, 5) is -0.0278. The van der Waals surface area contributed by atoms with E-state index in [0.29, 0.717) is 5.56 Å². The monoisotopic (exact) mass is 231 g/mol. The molecule has 1 N–H and O–H groups in total. The molecular formula is C7H8CoO3S. The summed E-state index contributed by atoms with van der Waals surface area (Å²) < 4.78 is 29.9. The topological polar surface area (TPSA) is 54.4 Å². The predicted octanol–water partition coefficient (Wildman–Crippen LogP) is 1.24. The first-order chi connectivity index (χ1) is 5.02. The van der Waals surface area contributed by atoms with E-state index in [0.717, 1.165) is 0 Å². The molecule has 0 atom stereocenters. The molecule has 1 rings (SSSR count). The summed E-state index contributed by atoms with van der Waals surface area (Å²) in [5, 5.41) is 0. The van der Waals surface area contributed by atoms with Crippen molar-refractivity contribution in [2.75, 3.05) is 0 Å². The van der Waals surface area contributed by atoms with E-state index in [1.165, 1.54) is 6.07 Å². The van der Waals surface area contributed by atoms with Crippen LogP contribution < -0.4 is 0 Å². The fourth-order valence-corrected chi connectivity index (χ4v) is 1.57. The van der Waals surface area contributed by atoms with Gasteiger partial charge in [0.25, 0.3) is 10.1 Å². The molecule has 3 nitrogen and oxygen atoms in total. The molecule has 0 aliphatic rings. The molecule has 0 fully saturated rings. The molecule has 0 aliphatic carbocycles. The molecule has 0 saturated heterocycles. The summed E-state index contributed by atoms with van der Waals surface area (Å²) >= 11 is 0. The SMILES string of the molecule is Cc1ccccc1S(=O)(=O)O.[Co]. The second-order valence-electron chi connectivity index (χ2n) is 2.24. The number of aryl methyl sites for hydroxylation is 1. The van der Waals surface area contributed by atoms with Crippen LogP contribution in [0.3, 0.4) is 0 Å². The van der Waals surface area contributed by atoms with Gasteiger partial charge in [0.2, 0.25) is 0 Å². The standard InChI is InChI=1S/C7H8O3S.Co/c1-6-4-2-3-5-7(6)11(8,9)10;/h2-5H,1H3,(H,8,9,10);. The molecule has 0 spiro atoms. The summed E-state index contributed by atoms with van der Waals surface area (Å²) in [6, 6.07) is 6.27. The number of benzene rings is 1. The van der Waals surface area contributed by atoms with Crippen molar-refractivity contribution in [1.29, 1.82) is 0 Å². The van der Waals surface area contributed by atoms with Gasteiger partial charge in [-0.1, -0.05) is 18.2 Å². The molecule has 0 aliphatic heterocycles. The van der Waals surface area contributed by atoms with Crippen LogP contribution in [0.25, 0.3) is 0 Å². The van der Waals surface area contributed by atoms with Gasteiger partial charge >= 0.3 is 0 Å². The number of rotatable bonds is 1. The Hall–Kier alpha value is -0.364. The Bertz CT molecular complexity index is 359. The van der Waals surface area contributed by atoms with Crippen molar-refractivity contribution in [1.82, 2.24) is 0 Å². The van der Waals surface area contributed by atoms with Crippen LogP contribution in [0.2, 0.25) is 0 Å². The average molecular weight is 231 g/mol. The largest absolute Gasteiger partial charge is 0.294 e. The van der Waals surface area contributed by atoms with Gasteiger partial charge in [-0.2, -0.15) is 8.42 Å². The maximum Gasteiger partial charge on any atom is 0.294 e. The van der Waals surface area contributed by atoms with Crippen molar-refractivity contribution in [2.45, 2.75) is 11.8 Å². The van der Waals surface area contributed by atoms with Crippen LogP contribution in [0.1, 0.15) is 5.56 Å². The zero-order chi connectivity index (χ0) is 8.48. The Morgan fingerprint density at radius 2 is 1.75 bits per heavy atom. The summed E-state index contributed by atoms with van der Waals surface area (Å²) in [5.41, 5.74) is 0.551. The Kier molecular flexibility index (Phi) is 3.92. The van der Waals surface area contributed by atoms with Gasteiger partial charge in [0, 0.05) is 16.8 Å². The number of hydrogen-bond acceptors (Lipinski definition) is 2. The van der Waals surface area contributed by atoms with E-state index in [-0.39, 0.29) is 21.7 Å². The molecule has 1 aromatic carbocycles. The van der Waals surface area contributed by atoms with Crippen LogP contribution in [-0.4, -0.2) is 13.0 Å². The van der Waals surface area contributed by atoms with Gasteiger partial charge in [0.15, 0.2) is 0 Å². The maximum atomic E-state index is 10.6. The average Bonchev–Trinajstić information content (AvgIpc) is 1.86. The molecule has 12 heavy (non-hydrogen) atoms. The third-order valence-corrected chi connectivity index (χ3v) is 2.39. The second kappa shape index (κ2) is 4.04. The first-order valence-electron chi connectivity index (χ1n) is 3.05. The van der Waals surface area contributed by atoms with Crippen LogP contribution >= 0.6 is 0 Å². The van der Waals surface area contributed by atoms with E-state index in [2.05, 4.69) is 0 Å². The summed E-state index contributed by atoms with van der Waals surface area (Å²) in [7, 11) is -4.03. The fourth-order valence-electron chi connectivity index (χ4n) is 0.846. The van der Waals surface area contributed by atoms with Crippen molar-refractivity contribution in [3.05, 3.63) is 29.8 Å². The van der Waals surface area contributed by atoms with Crippen molar-refractivity contribution in [2.24, 2.45) is 0 Å². The first kappa shape index (κ1) is 11.6. The van der Waals surface area contributed by atoms with Crippen LogP contribution in [0, 0.1) is 6.92 Å². The maximum absolute atomic E-state index is 10.6. The van der Waals surface area contributed by atoms with Gasteiger partial charge in [-0.3, -0.25) is 4.55 Å². The smallest absolute Gasteiger partial charge is 0.282 e. The van der Waals surface area contributed by atoms with Gasteiger partial charge in [0.05, 0.1) is 4.90 Å². The van der Waals surface area contributed by atoms with E-state index in [4.69, 9.17) is 4.55 Å². The molecule has 0 unspecified atom stereocenters. The number of hydrogen-bond donors (Lipinski definition) is 1. The molecule has 0 aromatic heterocycles. The molecular weight excluding hydrogens is 223 g/mol. The molecule has 0 amide bonds. The Labute approximate surface area is 81.7 Å². The van der Waals surface area contributed by atoms with E-state index in [1.54, 1.807) is 25.1 Å². The van der Waals surface area contributed by atoms with E-state index >= 15 is 0 Å². The zero-order valence-corrected chi connectivity index (χ0v) is 8.17. The first-order valence-corrected chi connectivity index (χ1v) is 4.49. The van der Waals surface area contributed by atoms with Crippen LogP contribution in [0.15, 0.2) is 29.2 Å². The van der Waals surface area contributed by atoms with Crippen LogP contribution in [0.4, 0.5) is 0 Å². The molecule has 0 heterocycles. The van der Waals surface area contributed by atoms with Crippen molar-refractivity contribution in [3.8, 4) is 0 Å². The Balaban J connectivity index is 0.00000121. The molecule has 0 bridgehead atoms. The summed E-state index contributed by atoms with van der Waals surface area (Å²) in [6.07, 6.45) is 0. The zero-order valence-electron chi connectivity index (χ0n) is 6.31. The molecule has 69 valence electrons. The fraction of sp³-hybridized carbons (Fsp3) is 0.143. The van der Waals surface area contributed by atoms with Gasteiger partial charge in [0.1, 0.15) is 0 Å². The second-order valence-corrected chi connectivity index (χ2v) is 3.63. The van der Waals surface area contributed by atoms with E-state index in [1.807, 2.05) is 0 Å². The van der Waals surface area contributed by atoms with Gasteiger partial charge in [-0.15, -0.1) is 0 Å². The van der Waals surface area contributed by atoms with Crippen molar-refractivity contribution >= 4 is 10.1 Å². The predicted molar refractivity (Wildman–Crippen MR) is 41.0 cm³/mol. The normalized spacial score (nSPS) is 10.5. The molecule has 0 saturated carbocycles. The van der Waals surface area contributed by atoms with Gasteiger partial charge < -0.3 is 0 Å². The quantitative estimate of drug-likeness (QED) is 0.740. The van der Waals surface area contributed by atoms with Crippen molar-refractivity contribution in [3.63, 3.8) is 0 Å². The minimum absolute atomic E-state index is 0.